The molecule has 2 aliphatic heterocycles. The van der Waals surface area contributed by atoms with Gasteiger partial charge in [0, 0.05) is 50.1 Å². The number of amides is 2. The summed E-state index contributed by atoms with van der Waals surface area (Å²) in [5, 5.41) is 2.73. The number of benzene rings is 1. The van der Waals surface area contributed by atoms with Crippen molar-refractivity contribution >= 4 is 23.5 Å². The Kier molecular flexibility index (Phi) is 5.32. The Morgan fingerprint density at radius 3 is 2.70 bits per heavy atom. The van der Waals surface area contributed by atoms with Crippen molar-refractivity contribution in [3.63, 3.8) is 0 Å². The average molecular weight is 410 g/mol. The summed E-state index contributed by atoms with van der Waals surface area (Å²) in [7, 11) is 0. The second kappa shape index (κ2) is 7.93. The Morgan fingerprint density at radius 1 is 1.30 bits per heavy atom. The second-order valence-electron chi connectivity index (χ2n) is 8.27. The van der Waals surface area contributed by atoms with E-state index in [0.717, 1.165) is 5.56 Å². The predicted molar refractivity (Wildman–Crippen MR) is 110 cm³/mol. The zero-order chi connectivity index (χ0) is 21.3. The molecule has 1 spiro atoms. The quantitative estimate of drug-likeness (QED) is 0.781. The van der Waals surface area contributed by atoms with E-state index in [2.05, 4.69) is 10.3 Å². The van der Waals surface area contributed by atoms with Crippen LogP contribution in [0.25, 0.3) is 0 Å². The summed E-state index contributed by atoms with van der Waals surface area (Å²) < 4.78 is 7.57. The number of carbonyl (C=O) groups excluding carboxylic acids is 3. The van der Waals surface area contributed by atoms with Gasteiger partial charge in [-0.2, -0.15) is 0 Å². The number of anilines is 1. The van der Waals surface area contributed by atoms with Crippen LogP contribution >= 0.6 is 0 Å². The zero-order valence-corrected chi connectivity index (χ0v) is 17.3. The van der Waals surface area contributed by atoms with Crippen LogP contribution in [0.3, 0.4) is 0 Å². The Hall–Kier alpha value is -3.16. The molecule has 1 aromatic heterocycles. The van der Waals surface area contributed by atoms with E-state index in [1.807, 2.05) is 22.6 Å². The lowest BCUT2D eigenvalue weighted by Crippen LogP contribution is -2.45. The molecule has 0 aliphatic carbocycles. The van der Waals surface area contributed by atoms with Crippen LogP contribution in [0.4, 0.5) is 5.69 Å². The summed E-state index contributed by atoms with van der Waals surface area (Å²) in [5.74, 6) is -0.335. The summed E-state index contributed by atoms with van der Waals surface area (Å²) in [5.41, 5.74) is 1.61. The molecule has 1 unspecified atom stereocenters. The molecule has 1 aromatic carbocycles. The minimum absolute atomic E-state index is 0.0435. The fourth-order valence-electron chi connectivity index (χ4n) is 4.47. The molecule has 158 valence electrons. The molecule has 30 heavy (non-hydrogen) atoms. The van der Waals surface area contributed by atoms with Crippen LogP contribution in [0.2, 0.25) is 0 Å². The van der Waals surface area contributed by atoms with Gasteiger partial charge in [0.25, 0.3) is 5.91 Å². The number of ether oxygens (including phenoxy) is 1. The first-order valence-electron chi connectivity index (χ1n) is 10.2. The topological polar surface area (TPSA) is 93.5 Å². The monoisotopic (exact) mass is 410 g/mol. The van der Waals surface area contributed by atoms with E-state index in [9.17, 15) is 14.4 Å². The summed E-state index contributed by atoms with van der Waals surface area (Å²) in [6.45, 7) is 4.97. The summed E-state index contributed by atoms with van der Waals surface area (Å²) in [6, 6.07) is 5.29. The maximum Gasteiger partial charge on any atom is 0.312 e. The van der Waals surface area contributed by atoms with Crippen LogP contribution in [-0.4, -0.2) is 51.4 Å². The highest BCUT2D eigenvalue weighted by Crippen LogP contribution is 2.43. The van der Waals surface area contributed by atoms with Gasteiger partial charge in [0.2, 0.25) is 5.91 Å². The first-order chi connectivity index (χ1) is 14.4. The Morgan fingerprint density at radius 2 is 2.07 bits per heavy atom. The van der Waals surface area contributed by atoms with E-state index in [-0.39, 0.29) is 23.9 Å². The molecule has 0 radical (unpaired) electrons. The number of carbonyl (C=O) groups is 3. The fraction of sp³-hybridized carbons (Fsp3) is 0.455. The first-order valence-corrected chi connectivity index (χ1v) is 10.2. The third-order valence-electron chi connectivity index (χ3n) is 6.08. The summed E-state index contributed by atoms with van der Waals surface area (Å²) in [6.07, 6.45) is 7.04. The van der Waals surface area contributed by atoms with Crippen molar-refractivity contribution in [3.8, 4) is 0 Å². The molecule has 2 saturated heterocycles. The third-order valence-corrected chi connectivity index (χ3v) is 6.08. The van der Waals surface area contributed by atoms with Crippen molar-refractivity contribution < 1.29 is 19.1 Å². The first kappa shape index (κ1) is 20.1. The molecule has 2 aliphatic rings. The van der Waals surface area contributed by atoms with Crippen molar-refractivity contribution in [2.45, 2.75) is 45.8 Å². The van der Waals surface area contributed by atoms with Crippen molar-refractivity contribution in [1.29, 1.82) is 0 Å². The van der Waals surface area contributed by atoms with E-state index in [1.165, 1.54) is 6.92 Å². The molecule has 0 saturated carbocycles. The van der Waals surface area contributed by atoms with E-state index < -0.39 is 5.41 Å². The van der Waals surface area contributed by atoms with Crippen LogP contribution in [0.15, 0.2) is 36.9 Å². The lowest BCUT2D eigenvalue weighted by atomic mass is 9.76. The number of hydrogen-bond donors (Lipinski definition) is 1. The number of nitrogens with zero attached hydrogens (tertiary/aromatic N) is 3. The number of imidazole rings is 1. The maximum absolute atomic E-state index is 13.0. The Labute approximate surface area is 175 Å². The van der Waals surface area contributed by atoms with Gasteiger partial charge >= 0.3 is 5.97 Å². The molecule has 8 nitrogen and oxygen atoms in total. The van der Waals surface area contributed by atoms with Gasteiger partial charge in [0.05, 0.1) is 18.3 Å². The Bertz CT molecular complexity index is 962. The predicted octanol–water partition coefficient (Wildman–Crippen LogP) is 2.39. The molecule has 2 fully saturated rings. The maximum atomic E-state index is 13.0. The lowest BCUT2D eigenvalue weighted by Gasteiger charge is -2.36. The number of cyclic esters (lactones) is 1. The van der Waals surface area contributed by atoms with Crippen molar-refractivity contribution in [2.24, 2.45) is 5.41 Å². The smallest absolute Gasteiger partial charge is 0.312 e. The minimum atomic E-state index is -0.494. The molecule has 1 N–H and O–H groups in total. The third kappa shape index (κ3) is 3.94. The van der Waals surface area contributed by atoms with E-state index in [0.29, 0.717) is 50.1 Å². The van der Waals surface area contributed by atoms with Gasteiger partial charge < -0.3 is 19.5 Å². The normalized spacial score (nSPS) is 20.3. The second-order valence-corrected chi connectivity index (χ2v) is 8.27. The molecule has 2 aromatic rings. The van der Waals surface area contributed by atoms with Gasteiger partial charge in [0.1, 0.15) is 6.10 Å². The van der Waals surface area contributed by atoms with E-state index in [1.54, 1.807) is 30.7 Å². The highest BCUT2D eigenvalue weighted by atomic mass is 16.6. The van der Waals surface area contributed by atoms with Gasteiger partial charge in [-0.3, -0.25) is 14.4 Å². The van der Waals surface area contributed by atoms with Crippen molar-refractivity contribution in [1.82, 2.24) is 14.5 Å². The molecular formula is C22H26N4O4. The highest BCUT2D eigenvalue weighted by molar-refractivity contribution is 5.97. The molecule has 2 amide bonds. The largest absolute Gasteiger partial charge is 0.460 e. The van der Waals surface area contributed by atoms with Crippen molar-refractivity contribution in [3.05, 3.63) is 48.0 Å². The molecule has 3 heterocycles. The summed E-state index contributed by atoms with van der Waals surface area (Å²) in [4.78, 5) is 42.7. The molecule has 0 bridgehead atoms. The number of rotatable bonds is 4. The number of esters is 1. The van der Waals surface area contributed by atoms with Crippen LogP contribution in [0, 0.1) is 12.3 Å². The number of likely N-dealkylation sites (tertiary alicyclic amines) is 1. The van der Waals surface area contributed by atoms with Gasteiger partial charge in [-0.15, -0.1) is 0 Å². The lowest BCUT2D eigenvalue weighted by molar-refractivity contribution is -0.150. The van der Waals surface area contributed by atoms with Gasteiger partial charge in [0.15, 0.2) is 0 Å². The number of nitrogens with one attached hydrogen (secondary N) is 1. The summed E-state index contributed by atoms with van der Waals surface area (Å²) >= 11 is 0. The van der Waals surface area contributed by atoms with Gasteiger partial charge in [-0.05, 0) is 43.5 Å². The Balaban J connectivity index is 1.39. The fourth-order valence-corrected chi connectivity index (χ4v) is 4.47. The van der Waals surface area contributed by atoms with Gasteiger partial charge in [-0.1, -0.05) is 0 Å². The number of aromatic nitrogens is 2. The van der Waals surface area contributed by atoms with Crippen LogP contribution in [0.5, 0.6) is 0 Å². The van der Waals surface area contributed by atoms with E-state index >= 15 is 0 Å². The highest BCUT2D eigenvalue weighted by Gasteiger charge is 2.50. The molecular weight excluding hydrogens is 384 g/mol. The van der Waals surface area contributed by atoms with Crippen LogP contribution in [-0.2, 0) is 20.9 Å². The average Bonchev–Trinajstić information content (AvgIpc) is 3.30. The van der Waals surface area contributed by atoms with Crippen molar-refractivity contribution in [2.75, 3.05) is 18.4 Å². The van der Waals surface area contributed by atoms with Gasteiger partial charge in [-0.25, -0.2) is 4.98 Å². The minimum Gasteiger partial charge on any atom is -0.460 e. The zero-order valence-electron chi connectivity index (χ0n) is 17.3. The standard InChI is InChI=1S/C22H26N4O4/c1-15-11-17(24-16(2)27)3-4-19(15)20(28)26-8-5-22(6-9-26)12-18(30-21(22)29)13-25-10-7-23-14-25/h3-4,7,10-11,14,18H,5-6,8-9,12-13H2,1-2H3,(H,24,27). The number of piperidine rings is 1. The van der Waals surface area contributed by atoms with Crippen LogP contribution in [0.1, 0.15) is 42.1 Å². The van der Waals surface area contributed by atoms with Crippen LogP contribution < -0.4 is 5.32 Å². The molecule has 1 atom stereocenters. The van der Waals surface area contributed by atoms with E-state index in [4.69, 9.17) is 4.74 Å². The molecule has 8 heteroatoms. The number of hydrogen-bond acceptors (Lipinski definition) is 5. The molecule has 4 rings (SSSR count). The SMILES string of the molecule is CC(=O)Nc1ccc(C(=O)N2CCC3(CC2)CC(Cn2ccnc2)OC3=O)c(C)c1. The number of aryl methyl sites for hydroxylation is 1.